The van der Waals surface area contributed by atoms with Crippen molar-refractivity contribution in [2.45, 2.75) is 20.1 Å². The van der Waals surface area contributed by atoms with Crippen LogP contribution in [0.5, 0.6) is 0 Å². The molecule has 0 fully saturated rings. The number of halogens is 1. The molecule has 0 spiro atoms. The van der Waals surface area contributed by atoms with Crippen molar-refractivity contribution in [1.82, 2.24) is 0 Å². The van der Waals surface area contributed by atoms with Gasteiger partial charge in [0, 0.05) is 4.47 Å². The van der Waals surface area contributed by atoms with E-state index in [0.29, 0.717) is 13.2 Å². The molecule has 88 valence electrons. The minimum absolute atomic E-state index is 0.636. The van der Waals surface area contributed by atoms with Gasteiger partial charge in [-0.3, -0.25) is 0 Å². The molecule has 0 aliphatic carbocycles. The summed E-state index contributed by atoms with van der Waals surface area (Å²) in [4.78, 5) is 0. The molecule has 2 aromatic carbocycles. The molecule has 0 aliphatic rings. The Morgan fingerprint density at radius 3 is 2.47 bits per heavy atom. The van der Waals surface area contributed by atoms with Gasteiger partial charge in [-0.1, -0.05) is 64.5 Å². The van der Waals surface area contributed by atoms with E-state index < -0.39 is 0 Å². The van der Waals surface area contributed by atoms with E-state index >= 15 is 0 Å². The normalized spacial score (nSPS) is 10.5. The molecule has 0 atom stereocenters. The van der Waals surface area contributed by atoms with Crippen molar-refractivity contribution >= 4 is 15.9 Å². The molecule has 0 N–H and O–H groups in total. The van der Waals surface area contributed by atoms with Crippen LogP contribution in [0.15, 0.2) is 53.0 Å². The molecule has 0 saturated heterocycles. The minimum atomic E-state index is 0.636. The van der Waals surface area contributed by atoms with Crippen molar-refractivity contribution in [3.05, 3.63) is 69.7 Å². The average Bonchev–Trinajstić information content (AvgIpc) is 2.36. The molecule has 2 heteroatoms. The summed E-state index contributed by atoms with van der Waals surface area (Å²) in [5.74, 6) is 0. The molecule has 0 heterocycles. The number of ether oxygens (including phenoxy) is 1. The Hall–Kier alpha value is -1.12. The SMILES string of the molecule is Cc1cccc(COCc2ccccc2)c1Br. The summed E-state index contributed by atoms with van der Waals surface area (Å²) < 4.78 is 6.86. The fourth-order valence-corrected chi connectivity index (χ4v) is 2.05. The van der Waals surface area contributed by atoms with Gasteiger partial charge in [0.1, 0.15) is 0 Å². The Kier molecular flexibility index (Phi) is 4.35. The Labute approximate surface area is 111 Å². The average molecular weight is 291 g/mol. The zero-order valence-corrected chi connectivity index (χ0v) is 11.4. The molecule has 0 bridgehead atoms. The lowest BCUT2D eigenvalue weighted by Crippen LogP contribution is -1.95. The van der Waals surface area contributed by atoms with Gasteiger partial charge in [0.15, 0.2) is 0 Å². The van der Waals surface area contributed by atoms with Crippen LogP contribution in [-0.4, -0.2) is 0 Å². The smallest absolute Gasteiger partial charge is 0.0732 e. The molecule has 0 aliphatic heterocycles. The fraction of sp³-hybridized carbons (Fsp3) is 0.200. The largest absolute Gasteiger partial charge is 0.372 e. The van der Waals surface area contributed by atoms with Gasteiger partial charge in [-0.05, 0) is 23.6 Å². The van der Waals surface area contributed by atoms with Gasteiger partial charge in [0.2, 0.25) is 0 Å². The van der Waals surface area contributed by atoms with E-state index in [0.717, 1.165) is 4.47 Å². The van der Waals surface area contributed by atoms with Crippen LogP contribution in [0, 0.1) is 6.92 Å². The highest BCUT2D eigenvalue weighted by molar-refractivity contribution is 9.10. The molecule has 17 heavy (non-hydrogen) atoms. The second kappa shape index (κ2) is 5.99. The lowest BCUT2D eigenvalue weighted by Gasteiger charge is -2.08. The second-order valence-electron chi connectivity index (χ2n) is 4.03. The van der Waals surface area contributed by atoms with Crippen molar-refractivity contribution in [3.8, 4) is 0 Å². The predicted octanol–water partition coefficient (Wildman–Crippen LogP) is 4.47. The van der Waals surface area contributed by atoms with Crippen LogP contribution in [0.1, 0.15) is 16.7 Å². The molecule has 2 aromatic rings. The van der Waals surface area contributed by atoms with Crippen molar-refractivity contribution in [1.29, 1.82) is 0 Å². The van der Waals surface area contributed by atoms with Crippen LogP contribution in [0.3, 0.4) is 0 Å². The summed E-state index contributed by atoms with van der Waals surface area (Å²) in [5, 5.41) is 0. The van der Waals surface area contributed by atoms with Crippen LogP contribution < -0.4 is 0 Å². The molecular weight excluding hydrogens is 276 g/mol. The van der Waals surface area contributed by atoms with E-state index in [9.17, 15) is 0 Å². The van der Waals surface area contributed by atoms with E-state index in [1.807, 2.05) is 18.2 Å². The molecule has 0 unspecified atom stereocenters. The molecule has 1 nitrogen and oxygen atoms in total. The summed E-state index contributed by atoms with van der Waals surface area (Å²) in [6, 6.07) is 16.5. The summed E-state index contributed by atoms with van der Waals surface area (Å²) in [5.41, 5.74) is 3.64. The first-order chi connectivity index (χ1) is 8.27. The quantitative estimate of drug-likeness (QED) is 0.807. The van der Waals surface area contributed by atoms with Gasteiger partial charge >= 0.3 is 0 Å². The standard InChI is InChI=1S/C15H15BrO/c1-12-6-5-9-14(15(12)16)11-17-10-13-7-3-2-4-8-13/h2-9H,10-11H2,1H3. The lowest BCUT2D eigenvalue weighted by molar-refractivity contribution is 0.106. The van der Waals surface area contributed by atoms with E-state index in [-0.39, 0.29) is 0 Å². The van der Waals surface area contributed by atoms with Crippen LogP contribution in [-0.2, 0) is 18.0 Å². The van der Waals surface area contributed by atoms with Crippen LogP contribution in [0.4, 0.5) is 0 Å². The molecule has 0 saturated carbocycles. The van der Waals surface area contributed by atoms with Gasteiger partial charge in [-0.2, -0.15) is 0 Å². The number of hydrogen-bond donors (Lipinski definition) is 0. The lowest BCUT2D eigenvalue weighted by atomic mass is 10.1. The molecule has 2 rings (SSSR count). The highest BCUT2D eigenvalue weighted by Gasteiger charge is 2.02. The van der Waals surface area contributed by atoms with Gasteiger partial charge in [-0.25, -0.2) is 0 Å². The zero-order valence-electron chi connectivity index (χ0n) is 9.82. The third-order valence-corrected chi connectivity index (χ3v) is 3.78. The number of benzene rings is 2. The highest BCUT2D eigenvalue weighted by Crippen LogP contribution is 2.21. The molecule has 0 amide bonds. The monoisotopic (exact) mass is 290 g/mol. The number of hydrogen-bond acceptors (Lipinski definition) is 1. The van der Waals surface area contributed by atoms with Crippen LogP contribution in [0.25, 0.3) is 0 Å². The van der Waals surface area contributed by atoms with Crippen molar-refractivity contribution < 1.29 is 4.74 Å². The van der Waals surface area contributed by atoms with E-state index in [2.05, 4.69) is 53.2 Å². The summed E-state index contributed by atoms with van der Waals surface area (Å²) in [7, 11) is 0. The Morgan fingerprint density at radius 2 is 1.71 bits per heavy atom. The zero-order chi connectivity index (χ0) is 12.1. The first kappa shape index (κ1) is 12.3. The Balaban J connectivity index is 1.93. The number of aryl methyl sites for hydroxylation is 1. The maximum absolute atomic E-state index is 5.71. The van der Waals surface area contributed by atoms with Gasteiger partial charge in [-0.15, -0.1) is 0 Å². The number of rotatable bonds is 4. The third kappa shape index (κ3) is 3.42. The van der Waals surface area contributed by atoms with E-state index in [1.54, 1.807) is 0 Å². The minimum Gasteiger partial charge on any atom is -0.372 e. The van der Waals surface area contributed by atoms with Crippen molar-refractivity contribution in [3.63, 3.8) is 0 Å². The van der Waals surface area contributed by atoms with Crippen LogP contribution in [0.2, 0.25) is 0 Å². The van der Waals surface area contributed by atoms with E-state index in [4.69, 9.17) is 4.74 Å². The van der Waals surface area contributed by atoms with Gasteiger partial charge in [0.05, 0.1) is 13.2 Å². The summed E-state index contributed by atoms with van der Waals surface area (Å²) in [6.07, 6.45) is 0. The topological polar surface area (TPSA) is 9.23 Å². The second-order valence-corrected chi connectivity index (χ2v) is 4.82. The maximum Gasteiger partial charge on any atom is 0.0732 e. The molecule has 0 aromatic heterocycles. The van der Waals surface area contributed by atoms with Gasteiger partial charge < -0.3 is 4.74 Å². The van der Waals surface area contributed by atoms with E-state index in [1.165, 1.54) is 16.7 Å². The molecular formula is C15H15BrO. The van der Waals surface area contributed by atoms with Crippen LogP contribution >= 0.6 is 15.9 Å². The fourth-order valence-electron chi connectivity index (χ4n) is 1.67. The summed E-state index contributed by atoms with van der Waals surface area (Å²) >= 11 is 3.59. The third-order valence-electron chi connectivity index (χ3n) is 2.64. The molecule has 0 radical (unpaired) electrons. The predicted molar refractivity (Wildman–Crippen MR) is 73.8 cm³/mol. The maximum atomic E-state index is 5.71. The highest BCUT2D eigenvalue weighted by atomic mass is 79.9. The van der Waals surface area contributed by atoms with Crippen molar-refractivity contribution in [2.75, 3.05) is 0 Å². The Morgan fingerprint density at radius 1 is 0.941 bits per heavy atom. The first-order valence-corrected chi connectivity index (χ1v) is 6.42. The van der Waals surface area contributed by atoms with Crippen molar-refractivity contribution in [2.24, 2.45) is 0 Å². The first-order valence-electron chi connectivity index (χ1n) is 5.63. The van der Waals surface area contributed by atoms with Gasteiger partial charge in [0.25, 0.3) is 0 Å². The summed E-state index contributed by atoms with van der Waals surface area (Å²) in [6.45, 7) is 3.38. The Bertz CT molecular complexity index is 480.